The number of rotatable bonds is 5. The van der Waals surface area contributed by atoms with E-state index < -0.39 is 0 Å². The zero-order chi connectivity index (χ0) is 12.1. The normalized spacial score (nSPS) is 24.0. The molecule has 1 aliphatic carbocycles. The average Bonchev–Trinajstić information content (AvgIpc) is 2.24. The molecule has 1 aliphatic rings. The van der Waals surface area contributed by atoms with Crippen LogP contribution in [0.15, 0.2) is 11.1 Å². The molecular weight excluding hydrogens is 196 g/mol. The molecule has 0 spiro atoms. The summed E-state index contributed by atoms with van der Waals surface area (Å²) in [5, 5.41) is 9.33. The van der Waals surface area contributed by atoms with E-state index >= 15 is 0 Å². The molecule has 94 valence electrons. The second-order valence-electron chi connectivity index (χ2n) is 5.81. The molecule has 1 heteroatoms. The van der Waals surface area contributed by atoms with E-state index in [-0.39, 0.29) is 0 Å². The average molecular weight is 224 g/mol. The lowest BCUT2D eigenvalue weighted by Gasteiger charge is -2.26. The molecule has 0 bridgehead atoms. The molecule has 0 amide bonds. The Morgan fingerprint density at radius 2 is 2.06 bits per heavy atom. The Morgan fingerprint density at radius 1 is 1.38 bits per heavy atom. The van der Waals surface area contributed by atoms with Gasteiger partial charge >= 0.3 is 0 Å². The Hall–Kier alpha value is -0.300. The van der Waals surface area contributed by atoms with E-state index in [0.29, 0.717) is 18.4 Å². The molecule has 0 heterocycles. The second-order valence-corrected chi connectivity index (χ2v) is 5.81. The SMILES string of the molecule is CC1=C(CC[C@H](CO)C(C)C)CCC[C@H]1C. The van der Waals surface area contributed by atoms with E-state index in [2.05, 4.69) is 27.7 Å². The molecule has 1 nitrogen and oxygen atoms in total. The van der Waals surface area contributed by atoms with E-state index in [4.69, 9.17) is 0 Å². The third-order valence-corrected chi connectivity index (χ3v) is 4.41. The molecular formula is C15H28O. The molecule has 0 aliphatic heterocycles. The highest BCUT2D eigenvalue weighted by molar-refractivity contribution is 5.17. The van der Waals surface area contributed by atoms with E-state index in [0.717, 1.165) is 12.3 Å². The first-order valence-corrected chi connectivity index (χ1v) is 6.85. The van der Waals surface area contributed by atoms with Crippen LogP contribution in [0.1, 0.15) is 59.8 Å². The smallest absolute Gasteiger partial charge is 0.0461 e. The molecule has 0 aromatic heterocycles. The van der Waals surface area contributed by atoms with Crippen LogP contribution in [-0.2, 0) is 0 Å². The first-order valence-electron chi connectivity index (χ1n) is 6.85. The molecule has 0 aromatic rings. The van der Waals surface area contributed by atoms with Gasteiger partial charge < -0.3 is 5.11 Å². The molecule has 0 fully saturated rings. The lowest BCUT2D eigenvalue weighted by Crippen LogP contribution is -2.15. The van der Waals surface area contributed by atoms with Crippen molar-refractivity contribution >= 4 is 0 Å². The van der Waals surface area contributed by atoms with Gasteiger partial charge in [-0.15, -0.1) is 0 Å². The van der Waals surface area contributed by atoms with Crippen molar-refractivity contribution in [1.29, 1.82) is 0 Å². The number of allylic oxidation sites excluding steroid dienone is 2. The Morgan fingerprint density at radius 3 is 2.62 bits per heavy atom. The zero-order valence-corrected chi connectivity index (χ0v) is 11.4. The first kappa shape index (κ1) is 13.8. The molecule has 0 radical (unpaired) electrons. The Labute approximate surface area is 101 Å². The fourth-order valence-corrected chi connectivity index (χ4v) is 2.70. The Bertz CT molecular complexity index is 240. The number of hydrogen-bond acceptors (Lipinski definition) is 1. The fraction of sp³-hybridized carbons (Fsp3) is 0.867. The second kappa shape index (κ2) is 6.44. The summed E-state index contributed by atoms with van der Waals surface area (Å²) < 4.78 is 0. The minimum absolute atomic E-state index is 0.347. The molecule has 0 aromatic carbocycles. The third kappa shape index (κ3) is 3.62. The highest BCUT2D eigenvalue weighted by atomic mass is 16.3. The molecule has 2 atom stereocenters. The predicted molar refractivity (Wildman–Crippen MR) is 70.4 cm³/mol. The van der Waals surface area contributed by atoms with Crippen molar-refractivity contribution in [2.75, 3.05) is 6.61 Å². The number of aliphatic hydroxyl groups excluding tert-OH is 1. The van der Waals surface area contributed by atoms with E-state index in [1.807, 2.05) is 0 Å². The summed E-state index contributed by atoms with van der Waals surface area (Å²) in [6.07, 6.45) is 6.39. The minimum atomic E-state index is 0.347. The molecule has 0 saturated carbocycles. The van der Waals surface area contributed by atoms with E-state index in [1.165, 1.54) is 25.7 Å². The van der Waals surface area contributed by atoms with Gasteiger partial charge in [0.25, 0.3) is 0 Å². The molecule has 0 unspecified atom stereocenters. The summed E-state index contributed by atoms with van der Waals surface area (Å²) in [6, 6.07) is 0. The summed E-state index contributed by atoms with van der Waals surface area (Å²) in [7, 11) is 0. The zero-order valence-electron chi connectivity index (χ0n) is 11.4. The number of hydrogen-bond donors (Lipinski definition) is 1. The highest BCUT2D eigenvalue weighted by Gasteiger charge is 2.18. The topological polar surface area (TPSA) is 20.2 Å². The maximum Gasteiger partial charge on any atom is 0.0461 e. The third-order valence-electron chi connectivity index (χ3n) is 4.41. The van der Waals surface area contributed by atoms with Crippen molar-refractivity contribution in [3.05, 3.63) is 11.1 Å². The van der Waals surface area contributed by atoms with Crippen LogP contribution in [0.5, 0.6) is 0 Å². The Kier molecular flexibility index (Phi) is 5.54. The standard InChI is InChI=1S/C15H28O/c1-11(2)15(10-16)9-8-14-7-5-6-12(3)13(14)4/h11-12,15-16H,5-10H2,1-4H3/t12-,15-/m1/s1. The van der Waals surface area contributed by atoms with E-state index in [9.17, 15) is 5.11 Å². The molecule has 1 rings (SSSR count). The van der Waals surface area contributed by atoms with Crippen LogP contribution in [0.25, 0.3) is 0 Å². The highest BCUT2D eigenvalue weighted by Crippen LogP contribution is 2.33. The van der Waals surface area contributed by atoms with Crippen LogP contribution in [0.4, 0.5) is 0 Å². The van der Waals surface area contributed by atoms with Gasteiger partial charge in [-0.3, -0.25) is 0 Å². The van der Waals surface area contributed by atoms with Crippen molar-refractivity contribution in [1.82, 2.24) is 0 Å². The van der Waals surface area contributed by atoms with Gasteiger partial charge in [0.1, 0.15) is 0 Å². The molecule has 16 heavy (non-hydrogen) atoms. The summed E-state index contributed by atoms with van der Waals surface area (Å²) >= 11 is 0. The van der Waals surface area contributed by atoms with Gasteiger partial charge in [-0.2, -0.15) is 0 Å². The summed E-state index contributed by atoms with van der Waals surface area (Å²) in [4.78, 5) is 0. The van der Waals surface area contributed by atoms with Crippen LogP contribution >= 0.6 is 0 Å². The summed E-state index contributed by atoms with van der Waals surface area (Å²) in [6.45, 7) is 9.43. The lowest BCUT2D eigenvalue weighted by atomic mass is 9.81. The maximum atomic E-state index is 9.33. The van der Waals surface area contributed by atoms with E-state index in [1.54, 1.807) is 11.1 Å². The quantitative estimate of drug-likeness (QED) is 0.695. The van der Waals surface area contributed by atoms with Gasteiger partial charge in [0, 0.05) is 6.61 Å². The van der Waals surface area contributed by atoms with Crippen molar-refractivity contribution in [2.24, 2.45) is 17.8 Å². The van der Waals surface area contributed by atoms with Gasteiger partial charge in [0.2, 0.25) is 0 Å². The van der Waals surface area contributed by atoms with Crippen LogP contribution in [0.3, 0.4) is 0 Å². The lowest BCUT2D eigenvalue weighted by molar-refractivity contribution is 0.181. The van der Waals surface area contributed by atoms with Crippen molar-refractivity contribution in [2.45, 2.75) is 59.8 Å². The maximum absolute atomic E-state index is 9.33. The largest absolute Gasteiger partial charge is 0.396 e. The van der Waals surface area contributed by atoms with Crippen molar-refractivity contribution < 1.29 is 5.11 Å². The van der Waals surface area contributed by atoms with Crippen LogP contribution < -0.4 is 0 Å². The number of aliphatic hydroxyl groups is 1. The Balaban J connectivity index is 2.50. The fourth-order valence-electron chi connectivity index (χ4n) is 2.70. The summed E-state index contributed by atoms with van der Waals surface area (Å²) in [5.74, 6) is 1.87. The minimum Gasteiger partial charge on any atom is -0.396 e. The van der Waals surface area contributed by atoms with Crippen LogP contribution in [-0.4, -0.2) is 11.7 Å². The monoisotopic (exact) mass is 224 g/mol. The first-order chi connectivity index (χ1) is 7.56. The van der Waals surface area contributed by atoms with Crippen LogP contribution in [0, 0.1) is 17.8 Å². The summed E-state index contributed by atoms with van der Waals surface area (Å²) in [5.41, 5.74) is 3.31. The van der Waals surface area contributed by atoms with Crippen LogP contribution in [0.2, 0.25) is 0 Å². The van der Waals surface area contributed by atoms with Gasteiger partial charge in [-0.25, -0.2) is 0 Å². The van der Waals surface area contributed by atoms with Gasteiger partial charge in [-0.1, -0.05) is 31.9 Å². The van der Waals surface area contributed by atoms with Crippen molar-refractivity contribution in [3.63, 3.8) is 0 Å². The van der Waals surface area contributed by atoms with Gasteiger partial charge in [-0.05, 0) is 56.8 Å². The molecule has 1 N–H and O–H groups in total. The van der Waals surface area contributed by atoms with Gasteiger partial charge in [0.05, 0.1) is 0 Å². The molecule has 0 saturated heterocycles. The predicted octanol–water partition coefficient (Wildman–Crippen LogP) is 4.17. The van der Waals surface area contributed by atoms with Gasteiger partial charge in [0.15, 0.2) is 0 Å². The van der Waals surface area contributed by atoms with Crippen molar-refractivity contribution in [3.8, 4) is 0 Å².